The number of hydrogen-bond donors (Lipinski definition) is 2. The number of carboxylic acids is 1. The maximum Gasteiger partial charge on any atom is 0.354 e. The van der Waals surface area contributed by atoms with Crippen LogP contribution in [0.5, 0.6) is 0 Å². The van der Waals surface area contributed by atoms with Crippen LogP contribution >= 0.6 is 0 Å². The monoisotopic (exact) mass is 250 g/mol. The molecule has 5 heteroatoms. The SMILES string of the molecule is CC(C)CC(C)NC(=O)c1ccnc(C(=O)O)c1. The van der Waals surface area contributed by atoms with E-state index >= 15 is 0 Å². The summed E-state index contributed by atoms with van der Waals surface area (Å²) < 4.78 is 0. The Kier molecular flexibility index (Phi) is 4.83. The lowest BCUT2D eigenvalue weighted by Crippen LogP contribution is -2.33. The van der Waals surface area contributed by atoms with Crippen molar-refractivity contribution in [3.05, 3.63) is 29.6 Å². The van der Waals surface area contributed by atoms with Crippen LogP contribution in [0.3, 0.4) is 0 Å². The van der Waals surface area contributed by atoms with Crippen molar-refractivity contribution in [3.8, 4) is 0 Å². The number of aromatic nitrogens is 1. The Hall–Kier alpha value is -1.91. The van der Waals surface area contributed by atoms with Crippen LogP contribution in [0.4, 0.5) is 0 Å². The van der Waals surface area contributed by atoms with E-state index in [0.717, 1.165) is 6.42 Å². The number of hydrogen-bond acceptors (Lipinski definition) is 3. The van der Waals surface area contributed by atoms with E-state index in [4.69, 9.17) is 5.11 Å². The predicted octanol–water partition coefficient (Wildman–Crippen LogP) is 1.94. The Morgan fingerprint density at radius 2 is 2.06 bits per heavy atom. The predicted molar refractivity (Wildman–Crippen MR) is 67.6 cm³/mol. The molecule has 0 aromatic carbocycles. The molecule has 98 valence electrons. The first kappa shape index (κ1) is 14.2. The lowest BCUT2D eigenvalue weighted by Gasteiger charge is -2.15. The van der Waals surface area contributed by atoms with Crippen LogP contribution in [0, 0.1) is 5.92 Å². The van der Waals surface area contributed by atoms with E-state index in [0.29, 0.717) is 11.5 Å². The molecule has 1 heterocycles. The number of amides is 1. The second-order valence-electron chi connectivity index (χ2n) is 4.74. The van der Waals surface area contributed by atoms with E-state index in [1.807, 2.05) is 6.92 Å². The van der Waals surface area contributed by atoms with Crippen LogP contribution < -0.4 is 5.32 Å². The summed E-state index contributed by atoms with van der Waals surface area (Å²) >= 11 is 0. The number of carbonyl (C=O) groups excluding carboxylic acids is 1. The third kappa shape index (κ3) is 4.16. The van der Waals surface area contributed by atoms with E-state index in [1.54, 1.807) is 0 Å². The number of aromatic carboxylic acids is 1. The molecule has 0 spiro atoms. The highest BCUT2D eigenvalue weighted by Crippen LogP contribution is 2.06. The summed E-state index contributed by atoms with van der Waals surface area (Å²) in [7, 11) is 0. The van der Waals surface area contributed by atoms with Gasteiger partial charge in [-0.15, -0.1) is 0 Å². The van der Waals surface area contributed by atoms with Crippen molar-refractivity contribution in [3.63, 3.8) is 0 Å². The largest absolute Gasteiger partial charge is 0.477 e. The lowest BCUT2D eigenvalue weighted by molar-refractivity contribution is 0.0690. The molecule has 1 atom stereocenters. The summed E-state index contributed by atoms with van der Waals surface area (Å²) in [5.74, 6) is -0.916. The van der Waals surface area contributed by atoms with Gasteiger partial charge in [-0.2, -0.15) is 0 Å². The maximum absolute atomic E-state index is 11.9. The minimum atomic E-state index is -1.14. The van der Waals surface area contributed by atoms with Gasteiger partial charge in [-0.05, 0) is 31.4 Å². The molecule has 1 unspecified atom stereocenters. The fourth-order valence-electron chi connectivity index (χ4n) is 1.76. The van der Waals surface area contributed by atoms with Crippen LogP contribution in [0.15, 0.2) is 18.3 Å². The molecule has 0 aliphatic rings. The lowest BCUT2D eigenvalue weighted by atomic mass is 10.0. The van der Waals surface area contributed by atoms with Crippen LogP contribution in [-0.4, -0.2) is 28.0 Å². The molecular formula is C13H18N2O3. The van der Waals surface area contributed by atoms with Crippen molar-refractivity contribution < 1.29 is 14.7 Å². The first-order valence-electron chi connectivity index (χ1n) is 5.90. The molecule has 1 rings (SSSR count). The average molecular weight is 250 g/mol. The summed E-state index contributed by atoms with van der Waals surface area (Å²) in [6.45, 7) is 6.09. The van der Waals surface area contributed by atoms with Gasteiger partial charge in [-0.3, -0.25) is 4.79 Å². The molecule has 0 aliphatic carbocycles. The van der Waals surface area contributed by atoms with Crippen molar-refractivity contribution in [2.75, 3.05) is 0 Å². The average Bonchev–Trinajstić information content (AvgIpc) is 2.27. The molecule has 1 aromatic rings. The molecule has 0 bridgehead atoms. The van der Waals surface area contributed by atoms with Gasteiger partial charge in [-0.25, -0.2) is 9.78 Å². The Balaban J connectivity index is 2.72. The first-order chi connectivity index (χ1) is 8.40. The van der Waals surface area contributed by atoms with Crippen LogP contribution in [-0.2, 0) is 0 Å². The topological polar surface area (TPSA) is 79.3 Å². The van der Waals surface area contributed by atoms with Crippen LogP contribution in [0.1, 0.15) is 48.0 Å². The van der Waals surface area contributed by atoms with E-state index in [9.17, 15) is 9.59 Å². The molecule has 1 amide bonds. The van der Waals surface area contributed by atoms with Gasteiger partial charge in [0.05, 0.1) is 0 Å². The molecule has 0 aliphatic heterocycles. The zero-order valence-electron chi connectivity index (χ0n) is 10.8. The van der Waals surface area contributed by atoms with E-state index in [2.05, 4.69) is 24.1 Å². The Bertz CT molecular complexity index is 444. The summed E-state index contributed by atoms with van der Waals surface area (Å²) in [6.07, 6.45) is 2.20. The van der Waals surface area contributed by atoms with Crippen molar-refractivity contribution in [1.29, 1.82) is 0 Å². The molecule has 0 saturated heterocycles. The highest BCUT2D eigenvalue weighted by molar-refractivity contribution is 5.96. The number of carboxylic acid groups (broad SMARTS) is 1. The fraction of sp³-hybridized carbons (Fsp3) is 0.462. The van der Waals surface area contributed by atoms with E-state index < -0.39 is 5.97 Å². The third-order valence-electron chi connectivity index (χ3n) is 2.44. The highest BCUT2D eigenvalue weighted by atomic mass is 16.4. The molecule has 2 N–H and O–H groups in total. The minimum absolute atomic E-state index is 0.0546. The van der Waals surface area contributed by atoms with Crippen molar-refractivity contribution in [1.82, 2.24) is 10.3 Å². The second-order valence-corrected chi connectivity index (χ2v) is 4.74. The number of nitrogens with one attached hydrogen (secondary N) is 1. The van der Waals surface area contributed by atoms with Gasteiger partial charge >= 0.3 is 5.97 Å². The number of pyridine rings is 1. The molecular weight excluding hydrogens is 232 g/mol. The molecule has 0 saturated carbocycles. The molecule has 0 radical (unpaired) electrons. The molecule has 5 nitrogen and oxygen atoms in total. The quantitative estimate of drug-likeness (QED) is 0.837. The van der Waals surface area contributed by atoms with Crippen molar-refractivity contribution >= 4 is 11.9 Å². The zero-order chi connectivity index (χ0) is 13.7. The van der Waals surface area contributed by atoms with Gasteiger partial charge in [0.2, 0.25) is 0 Å². The Labute approximate surface area is 106 Å². The summed E-state index contributed by atoms with van der Waals surface area (Å²) in [5, 5.41) is 11.6. The fourth-order valence-corrected chi connectivity index (χ4v) is 1.76. The van der Waals surface area contributed by atoms with Gasteiger partial charge in [0, 0.05) is 17.8 Å². The molecule has 1 aromatic heterocycles. The number of nitrogens with zero attached hydrogens (tertiary/aromatic N) is 1. The van der Waals surface area contributed by atoms with E-state index in [-0.39, 0.29) is 17.6 Å². The normalized spacial score (nSPS) is 12.2. The summed E-state index contributed by atoms with van der Waals surface area (Å²) in [4.78, 5) is 26.3. The van der Waals surface area contributed by atoms with Crippen LogP contribution in [0.25, 0.3) is 0 Å². The Morgan fingerprint density at radius 1 is 1.39 bits per heavy atom. The second kappa shape index (κ2) is 6.14. The number of rotatable bonds is 5. The van der Waals surface area contributed by atoms with Gasteiger partial charge in [0.1, 0.15) is 5.69 Å². The maximum atomic E-state index is 11.9. The first-order valence-corrected chi connectivity index (χ1v) is 5.90. The smallest absolute Gasteiger partial charge is 0.354 e. The molecule has 18 heavy (non-hydrogen) atoms. The highest BCUT2D eigenvalue weighted by Gasteiger charge is 2.13. The summed E-state index contributed by atoms with van der Waals surface area (Å²) in [6, 6.07) is 2.84. The van der Waals surface area contributed by atoms with Gasteiger partial charge < -0.3 is 10.4 Å². The minimum Gasteiger partial charge on any atom is -0.477 e. The van der Waals surface area contributed by atoms with Gasteiger partial charge in [-0.1, -0.05) is 13.8 Å². The Morgan fingerprint density at radius 3 is 2.61 bits per heavy atom. The zero-order valence-corrected chi connectivity index (χ0v) is 10.8. The third-order valence-corrected chi connectivity index (χ3v) is 2.44. The summed E-state index contributed by atoms with van der Waals surface area (Å²) in [5.41, 5.74) is 0.192. The standard InChI is InChI=1S/C13H18N2O3/c1-8(2)6-9(3)15-12(16)10-4-5-14-11(7-10)13(17)18/h4-5,7-9H,6H2,1-3H3,(H,15,16)(H,17,18). The number of carbonyl (C=O) groups is 2. The van der Waals surface area contributed by atoms with Gasteiger partial charge in [0.25, 0.3) is 5.91 Å². The van der Waals surface area contributed by atoms with Crippen molar-refractivity contribution in [2.45, 2.75) is 33.2 Å². The van der Waals surface area contributed by atoms with E-state index in [1.165, 1.54) is 18.3 Å². The van der Waals surface area contributed by atoms with Gasteiger partial charge in [0.15, 0.2) is 0 Å². The molecule has 0 fully saturated rings. The van der Waals surface area contributed by atoms with Crippen molar-refractivity contribution in [2.24, 2.45) is 5.92 Å². The van der Waals surface area contributed by atoms with Crippen LogP contribution in [0.2, 0.25) is 0 Å².